The van der Waals surface area contributed by atoms with Gasteiger partial charge in [0.2, 0.25) is 0 Å². The van der Waals surface area contributed by atoms with Crippen LogP contribution in [-0.4, -0.2) is 15.7 Å². The number of nitrogens with zero attached hydrogens (tertiary/aromatic N) is 2. The van der Waals surface area contributed by atoms with Gasteiger partial charge in [0.05, 0.1) is 16.4 Å². The van der Waals surface area contributed by atoms with Gasteiger partial charge in [-0.2, -0.15) is 5.10 Å². The fourth-order valence-corrected chi connectivity index (χ4v) is 2.27. The van der Waals surface area contributed by atoms with Gasteiger partial charge in [0.25, 0.3) is 0 Å². The van der Waals surface area contributed by atoms with Crippen LogP contribution in [-0.2, 0) is 29.6 Å². The Morgan fingerprint density at radius 2 is 2.24 bits per heavy atom. The Morgan fingerprint density at radius 1 is 1.48 bits per heavy atom. The Hall–Kier alpha value is -2.01. The molecule has 1 aromatic carbocycles. The van der Waals surface area contributed by atoms with E-state index in [1.165, 1.54) is 0 Å². The van der Waals surface area contributed by atoms with Crippen molar-refractivity contribution in [2.24, 2.45) is 7.05 Å². The van der Waals surface area contributed by atoms with Crippen LogP contribution >= 0.6 is 11.6 Å². The zero-order chi connectivity index (χ0) is 15.4. The van der Waals surface area contributed by atoms with Crippen LogP contribution in [0.3, 0.4) is 0 Å². The van der Waals surface area contributed by atoms with E-state index >= 15 is 0 Å². The van der Waals surface area contributed by atoms with Crippen molar-refractivity contribution in [1.82, 2.24) is 9.78 Å². The number of aryl methyl sites for hydroxylation is 3. The van der Waals surface area contributed by atoms with Gasteiger partial charge < -0.3 is 10.5 Å². The molecule has 1 heterocycles. The van der Waals surface area contributed by atoms with E-state index in [9.17, 15) is 4.79 Å². The third-order valence-electron chi connectivity index (χ3n) is 3.20. The molecule has 5 nitrogen and oxygen atoms in total. The fraction of sp³-hybridized carbons (Fsp3) is 0.333. The molecule has 0 atom stereocenters. The fourth-order valence-electron chi connectivity index (χ4n) is 2.05. The standard InChI is InChI=1S/C15H18ClN3O2/c1-10-15(16)13(19(2)18-10)9-21-14(20)7-6-11-4-3-5-12(17)8-11/h3-5,8H,6-7,9,17H2,1-2H3. The van der Waals surface area contributed by atoms with Gasteiger partial charge in [0, 0.05) is 19.2 Å². The highest BCUT2D eigenvalue weighted by Crippen LogP contribution is 2.20. The number of anilines is 1. The van der Waals surface area contributed by atoms with Crippen LogP contribution in [0, 0.1) is 6.92 Å². The molecule has 0 unspecified atom stereocenters. The Balaban J connectivity index is 1.85. The number of nitrogens with two attached hydrogens (primary N) is 1. The minimum atomic E-state index is -0.271. The van der Waals surface area contributed by atoms with Crippen LogP contribution in [0.4, 0.5) is 5.69 Å². The van der Waals surface area contributed by atoms with Crippen molar-refractivity contribution >= 4 is 23.3 Å². The molecular formula is C15H18ClN3O2. The monoisotopic (exact) mass is 307 g/mol. The number of hydrogen-bond donors (Lipinski definition) is 1. The zero-order valence-corrected chi connectivity index (χ0v) is 12.9. The Kier molecular flexibility index (Phi) is 4.85. The maximum atomic E-state index is 11.8. The van der Waals surface area contributed by atoms with Gasteiger partial charge in [-0.3, -0.25) is 9.48 Å². The predicted octanol–water partition coefficient (Wildman–Crippen LogP) is 2.64. The van der Waals surface area contributed by atoms with Crippen molar-refractivity contribution in [1.29, 1.82) is 0 Å². The molecule has 0 bridgehead atoms. The summed E-state index contributed by atoms with van der Waals surface area (Å²) in [5, 5.41) is 4.71. The lowest BCUT2D eigenvalue weighted by atomic mass is 10.1. The van der Waals surface area contributed by atoms with Gasteiger partial charge in [-0.05, 0) is 31.0 Å². The van der Waals surface area contributed by atoms with E-state index in [0.29, 0.717) is 29.2 Å². The highest BCUT2D eigenvalue weighted by molar-refractivity contribution is 6.31. The van der Waals surface area contributed by atoms with Crippen molar-refractivity contribution in [3.63, 3.8) is 0 Å². The summed E-state index contributed by atoms with van der Waals surface area (Å²) < 4.78 is 6.87. The lowest BCUT2D eigenvalue weighted by Gasteiger charge is -2.06. The number of hydrogen-bond acceptors (Lipinski definition) is 4. The first-order valence-electron chi connectivity index (χ1n) is 6.65. The minimum Gasteiger partial charge on any atom is -0.459 e. The third kappa shape index (κ3) is 3.98. The van der Waals surface area contributed by atoms with E-state index in [4.69, 9.17) is 22.1 Å². The first-order valence-corrected chi connectivity index (χ1v) is 7.03. The Labute approximate surface area is 128 Å². The molecule has 2 aromatic rings. The summed E-state index contributed by atoms with van der Waals surface area (Å²) in [6, 6.07) is 7.47. The molecule has 2 rings (SSSR count). The number of carbonyl (C=O) groups excluding carboxylic acids is 1. The molecule has 21 heavy (non-hydrogen) atoms. The van der Waals surface area contributed by atoms with E-state index in [0.717, 1.165) is 11.3 Å². The van der Waals surface area contributed by atoms with Crippen molar-refractivity contribution in [2.75, 3.05) is 5.73 Å². The topological polar surface area (TPSA) is 70.1 Å². The number of nitrogen functional groups attached to an aromatic ring is 1. The van der Waals surface area contributed by atoms with Crippen LogP contribution in [0.5, 0.6) is 0 Å². The van der Waals surface area contributed by atoms with E-state index < -0.39 is 0 Å². The molecule has 1 aromatic heterocycles. The summed E-state index contributed by atoms with van der Waals surface area (Å²) in [6.45, 7) is 1.94. The average Bonchev–Trinajstić information content (AvgIpc) is 2.68. The number of aromatic nitrogens is 2. The maximum Gasteiger partial charge on any atom is 0.306 e. The number of carbonyl (C=O) groups is 1. The molecule has 2 N–H and O–H groups in total. The largest absolute Gasteiger partial charge is 0.459 e. The summed E-state index contributed by atoms with van der Waals surface area (Å²) >= 11 is 6.10. The summed E-state index contributed by atoms with van der Waals surface area (Å²) in [5.41, 5.74) is 8.83. The molecule has 112 valence electrons. The summed E-state index contributed by atoms with van der Waals surface area (Å²) in [6.07, 6.45) is 0.903. The van der Waals surface area contributed by atoms with Gasteiger partial charge >= 0.3 is 5.97 Å². The second kappa shape index (κ2) is 6.63. The normalized spacial score (nSPS) is 10.6. The number of halogens is 1. The molecule has 0 radical (unpaired) electrons. The summed E-state index contributed by atoms with van der Waals surface area (Å²) in [5.74, 6) is -0.271. The van der Waals surface area contributed by atoms with E-state index in [2.05, 4.69) is 5.10 Å². The Bertz CT molecular complexity index is 652. The van der Waals surface area contributed by atoms with Gasteiger partial charge in [-0.1, -0.05) is 23.7 Å². The van der Waals surface area contributed by atoms with Crippen LogP contribution in [0.15, 0.2) is 24.3 Å². The van der Waals surface area contributed by atoms with Crippen LogP contribution in [0.1, 0.15) is 23.4 Å². The van der Waals surface area contributed by atoms with E-state index in [-0.39, 0.29) is 12.6 Å². The van der Waals surface area contributed by atoms with Crippen LogP contribution < -0.4 is 5.73 Å². The van der Waals surface area contributed by atoms with Crippen molar-refractivity contribution in [2.45, 2.75) is 26.4 Å². The van der Waals surface area contributed by atoms with Gasteiger partial charge in [0.1, 0.15) is 6.61 Å². The quantitative estimate of drug-likeness (QED) is 0.681. The second-order valence-corrected chi connectivity index (χ2v) is 5.25. The molecule has 0 aliphatic carbocycles. The van der Waals surface area contributed by atoms with Gasteiger partial charge in [-0.25, -0.2) is 0 Å². The Morgan fingerprint density at radius 3 is 2.86 bits per heavy atom. The SMILES string of the molecule is Cc1nn(C)c(COC(=O)CCc2cccc(N)c2)c1Cl. The molecule has 0 spiro atoms. The second-order valence-electron chi connectivity index (χ2n) is 4.88. The highest BCUT2D eigenvalue weighted by atomic mass is 35.5. The smallest absolute Gasteiger partial charge is 0.306 e. The first-order chi connectivity index (χ1) is 9.97. The van der Waals surface area contributed by atoms with Crippen molar-refractivity contribution in [3.05, 3.63) is 46.2 Å². The zero-order valence-electron chi connectivity index (χ0n) is 12.1. The highest BCUT2D eigenvalue weighted by Gasteiger charge is 2.13. The lowest BCUT2D eigenvalue weighted by molar-refractivity contribution is -0.145. The molecule has 0 amide bonds. The molecule has 0 saturated carbocycles. The maximum absolute atomic E-state index is 11.8. The molecular weight excluding hydrogens is 290 g/mol. The number of rotatable bonds is 5. The van der Waals surface area contributed by atoms with Gasteiger partial charge in [-0.15, -0.1) is 0 Å². The van der Waals surface area contributed by atoms with E-state index in [1.54, 1.807) is 11.7 Å². The van der Waals surface area contributed by atoms with Crippen LogP contribution in [0.25, 0.3) is 0 Å². The van der Waals surface area contributed by atoms with Gasteiger partial charge in [0.15, 0.2) is 0 Å². The number of esters is 1. The number of ether oxygens (including phenoxy) is 1. The van der Waals surface area contributed by atoms with Crippen molar-refractivity contribution in [3.8, 4) is 0 Å². The molecule has 0 aliphatic heterocycles. The first kappa shape index (κ1) is 15.4. The summed E-state index contributed by atoms with van der Waals surface area (Å²) in [4.78, 5) is 11.8. The molecule has 6 heteroatoms. The lowest BCUT2D eigenvalue weighted by Crippen LogP contribution is -2.09. The van der Waals surface area contributed by atoms with Crippen molar-refractivity contribution < 1.29 is 9.53 Å². The predicted molar refractivity (Wildman–Crippen MR) is 81.9 cm³/mol. The van der Waals surface area contributed by atoms with E-state index in [1.807, 2.05) is 31.2 Å². The molecule has 0 saturated heterocycles. The average molecular weight is 308 g/mol. The summed E-state index contributed by atoms with van der Waals surface area (Å²) in [7, 11) is 1.77. The third-order valence-corrected chi connectivity index (χ3v) is 3.69. The molecule has 0 aliphatic rings. The molecule has 0 fully saturated rings. The number of benzene rings is 1. The van der Waals surface area contributed by atoms with Crippen LogP contribution in [0.2, 0.25) is 5.02 Å². The minimum absolute atomic E-state index is 0.131.